The van der Waals surface area contributed by atoms with Crippen molar-refractivity contribution >= 4 is 29.7 Å². The number of methoxy groups -OCH3 is 1. The maximum atomic E-state index is 12.3. The summed E-state index contributed by atoms with van der Waals surface area (Å²) in [6.07, 6.45) is 1.39. The van der Waals surface area contributed by atoms with E-state index in [1.165, 1.54) is 25.5 Å². The van der Waals surface area contributed by atoms with Crippen molar-refractivity contribution in [3.05, 3.63) is 88.4 Å². The molecule has 0 saturated heterocycles. The summed E-state index contributed by atoms with van der Waals surface area (Å²) in [6, 6.07) is 17.4. The third-order valence-corrected chi connectivity index (χ3v) is 4.34. The number of phenolic OH excluding ortho intramolecular Hbond substituents is 1. The fraction of sp³-hybridized carbons (Fsp3) is 0.0455. The van der Waals surface area contributed by atoms with Crippen LogP contribution in [0.2, 0.25) is 5.02 Å². The molecular formula is C22H17ClN2O5. The predicted octanol–water partition coefficient (Wildman–Crippen LogP) is 4.04. The molecule has 3 aromatic carbocycles. The van der Waals surface area contributed by atoms with Crippen molar-refractivity contribution in [3.8, 4) is 17.2 Å². The van der Waals surface area contributed by atoms with Gasteiger partial charge in [-0.2, -0.15) is 5.10 Å². The van der Waals surface area contributed by atoms with Gasteiger partial charge in [0.25, 0.3) is 5.91 Å². The van der Waals surface area contributed by atoms with Crippen molar-refractivity contribution in [1.29, 1.82) is 0 Å². The van der Waals surface area contributed by atoms with Crippen molar-refractivity contribution in [1.82, 2.24) is 5.43 Å². The number of hydrogen-bond acceptors (Lipinski definition) is 6. The SMILES string of the molecule is COc1cc(C=NNC(=O)c2ccccc2O)ccc1OC(=O)c1ccccc1Cl. The van der Waals surface area contributed by atoms with E-state index in [4.69, 9.17) is 21.1 Å². The Morgan fingerprint density at radius 3 is 2.40 bits per heavy atom. The van der Waals surface area contributed by atoms with Crippen LogP contribution in [0.1, 0.15) is 26.3 Å². The number of nitrogens with one attached hydrogen (secondary N) is 1. The van der Waals surface area contributed by atoms with Crippen LogP contribution in [0.15, 0.2) is 71.8 Å². The smallest absolute Gasteiger partial charge is 0.345 e. The Morgan fingerprint density at radius 1 is 1.00 bits per heavy atom. The highest BCUT2D eigenvalue weighted by Crippen LogP contribution is 2.29. The number of esters is 1. The maximum Gasteiger partial charge on any atom is 0.345 e. The second-order valence-corrected chi connectivity index (χ2v) is 6.40. The number of nitrogens with zero attached hydrogens (tertiary/aromatic N) is 1. The van der Waals surface area contributed by atoms with Crippen molar-refractivity contribution < 1.29 is 24.2 Å². The third kappa shape index (κ3) is 4.95. The lowest BCUT2D eigenvalue weighted by atomic mass is 10.2. The minimum absolute atomic E-state index is 0.106. The van der Waals surface area contributed by atoms with Gasteiger partial charge in [-0.3, -0.25) is 4.79 Å². The number of aromatic hydroxyl groups is 1. The molecule has 0 atom stereocenters. The Bertz CT molecular complexity index is 1110. The fourth-order valence-electron chi connectivity index (χ4n) is 2.52. The summed E-state index contributed by atoms with van der Waals surface area (Å²) in [5.74, 6) is -0.808. The first kappa shape index (κ1) is 20.9. The molecule has 0 saturated carbocycles. The molecule has 0 aliphatic carbocycles. The monoisotopic (exact) mass is 424 g/mol. The normalized spacial score (nSPS) is 10.6. The zero-order chi connectivity index (χ0) is 21.5. The fourth-order valence-corrected chi connectivity index (χ4v) is 2.73. The summed E-state index contributed by atoms with van der Waals surface area (Å²) in [4.78, 5) is 24.4. The van der Waals surface area contributed by atoms with Gasteiger partial charge in [-0.25, -0.2) is 10.2 Å². The van der Waals surface area contributed by atoms with Crippen LogP contribution in [0.3, 0.4) is 0 Å². The van der Waals surface area contributed by atoms with Crippen molar-refractivity contribution in [2.24, 2.45) is 5.10 Å². The van der Waals surface area contributed by atoms with E-state index in [9.17, 15) is 14.7 Å². The largest absolute Gasteiger partial charge is 0.507 e. The van der Waals surface area contributed by atoms with Gasteiger partial charge in [-0.15, -0.1) is 0 Å². The van der Waals surface area contributed by atoms with Gasteiger partial charge in [0.1, 0.15) is 5.75 Å². The topological polar surface area (TPSA) is 97.2 Å². The predicted molar refractivity (Wildman–Crippen MR) is 113 cm³/mol. The lowest BCUT2D eigenvalue weighted by Gasteiger charge is -2.10. The van der Waals surface area contributed by atoms with Crippen LogP contribution in [0.25, 0.3) is 0 Å². The van der Waals surface area contributed by atoms with Gasteiger partial charge in [-0.1, -0.05) is 35.9 Å². The Labute approximate surface area is 177 Å². The molecule has 152 valence electrons. The number of carbonyl (C=O) groups excluding carboxylic acids is 2. The molecule has 0 radical (unpaired) electrons. The molecule has 1 amide bonds. The number of hydrazone groups is 1. The Morgan fingerprint density at radius 2 is 1.70 bits per heavy atom. The van der Waals surface area contributed by atoms with Gasteiger partial charge in [0, 0.05) is 0 Å². The van der Waals surface area contributed by atoms with Crippen LogP contribution in [-0.4, -0.2) is 30.3 Å². The molecule has 7 nitrogen and oxygen atoms in total. The molecule has 0 unspecified atom stereocenters. The maximum absolute atomic E-state index is 12.3. The van der Waals surface area contributed by atoms with Gasteiger partial charge in [0.15, 0.2) is 11.5 Å². The molecule has 0 aliphatic heterocycles. The number of rotatable bonds is 6. The zero-order valence-electron chi connectivity index (χ0n) is 15.8. The van der Waals surface area contributed by atoms with Crippen molar-refractivity contribution in [2.75, 3.05) is 7.11 Å². The standard InChI is InChI=1S/C22H17ClN2O5/c1-29-20-12-14(13-24-25-21(27)16-7-3-5-9-18(16)26)10-11-19(20)30-22(28)15-6-2-4-8-17(15)23/h2-13,26H,1H3,(H,25,27). The van der Waals surface area contributed by atoms with Gasteiger partial charge >= 0.3 is 5.97 Å². The molecule has 0 aliphatic rings. The van der Waals surface area contributed by atoms with Crippen molar-refractivity contribution in [2.45, 2.75) is 0 Å². The molecule has 8 heteroatoms. The van der Waals surface area contributed by atoms with Crippen LogP contribution in [-0.2, 0) is 0 Å². The van der Waals surface area contributed by atoms with E-state index in [-0.39, 0.29) is 27.6 Å². The van der Waals surface area contributed by atoms with Gasteiger partial charge in [0.05, 0.1) is 29.5 Å². The molecule has 3 aromatic rings. The molecule has 0 heterocycles. The zero-order valence-corrected chi connectivity index (χ0v) is 16.6. The van der Waals surface area contributed by atoms with E-state index >= 15 is 0 Å². The first-order valence-corrected chi connectivity index (χ1v) is 9.13. The van der Waals surface area contributed by atoms with E-state index in [0.717, 1.165) is 0 Å². The highest BCUT2D eigenvalue weighted by Gasteiger charge is 2.15. The van der Waals surface area contributed by atoms with E-state index < -0.39 is 11.9 Å². The second-order valence-electron chi connectivity index (χ2n) is 6.00. The van der Waals surface area contributed by atoms with Crippen LogP contribution >= 0.6 is 11.6 Å². The summed E-state index contributed by atoms with van der Waals surface area (Å²) in [5.41, 5.74) is 3.26. The summed E-state index contributed by atoms with van der Waals surface area (Å²) in [6.45, 7) is 0. The number of benzene rings is 3. The minimum Gasteiger partial charge on any atom is -0.507 e. The number of phenols is 1. The van der Waals surface area contributed by atoms with Gasteiger partial charge in [0.2, 0.25) is 0 Å². The summed E-state index contributed by atoms with van der Waals surface area (Å²) >= 11 is 6.02. The van der Waals surface area contributed by atoms with Crippen LogP contribution < -0.4 is 14.9 Å². The Balaban J connectivity index is 1.70. The molecule has 30 heavy (non-hydrogen) atoms. The molecular weight excluding hydrogens is 408 g/mol. The average molecular weight is 425 g/mol. The number of halogens is 1. The summed E-state index contributed by atoms with van der Waals surface area (Å²) < 4.78 is 10.7. The highest BCUT2D eigenvalue weighted by atomic mass is 35.5. The van der Waals surface area contributed by atoms with Gasteiger partial charge in [-0.05, 0) is 48.0 Å². The highest BCUT2D eigenvalue weighted by molar-refractivity contribution is 6.33. The summed E-state index contributed by atoms with van der Waals surface area (Å²) in [7, 11) is 1.43. The van der Waals surface area contributed by atoms with Crippen LogP contribution in [0, 0.1) is 0 Å². The molecule has 0 spiro atoms. The third-order valence-electron chi connectivity index (χ3n) is 4.01. The summed E-state index contributed by atoms with van der Waals surface area (Å²) in [5, 5.41) is 13.8. The van der Waals surface area contributed by atoms with E-state index in [2.05, 4.69) is 10.5 Å². The number of para-hydroxylation sites is 1. The minimum atomic E-state index is -0.616. The molecule has 0 fully saturated rings. The lowest BCUT2D eigenvalue weighted by molar-refractivity contribution is 0.0729. The van der Waals surface area contributed by atoms with Crippen molar-refractivity contribution in [3.63, 3.8) is 0 Å². The van der Waals surface area contributed by atoms with Crippen LogP contribution in [0.4, 0.5) is 0 Å². The number of carbonyl (C=O) groups is 2. The van der Waals surface area contributed by atoms with E-state index in [1.54, 1.807) is 54.6 Å². The van der Waals surface area contributed by atoms with Crippen LogP contribution in [0.5, 0.6) is 17.2 Å². The first-order valence-electron chi connectivity index (χ1n) is 8.75. The first-order chi connectivity index (χ1) is 14.5. The number of amides is 1. The van der Waals surface area contributed by atoms with Gasteiger partial charge < -0.3 is 14.6 Å². The number of hydrogen-bond donors (Lipinski definition) is 2. The number of ether oxygens (including phenoxy) is 2. The van der Waals surface area contributed by atoms with E-state index in [0.29, 0.717) is 11.3 Å². The second kappa shape index (κ2) is 9.58. The Hall–Kier alpha value is -3.84. The molecule has 0 aromatic heterocycles. The quantitative estimate of drug-likeness (QED) is 0.269. The van der Waals surface area contributed by atoms with E-state index in [1.807, 2.05) is 0 Å². The lowest BCUT2D eigenvalue weighted by Crippen LogP contribution is -2.17. The molecule has 0 bridgehead atoms. The molecule has 2 N–H and O–H groups in total. The Kier molecular flexibility index (Phi) is 6.67. The average Bonchev–Trinajstić information content (AvgIpc) is 2.75. The molecule has 3 rings (SSSR count).